The van der Waals surface area contributed by atoms with E-state index < -0.39 is 0 Å². The third-order valence-corrected chi connectivity index (χ3v) is 4.57. The van der Waals surface area contributed by atoms with Crippen molar-refractivity contribution >= 4 is 5.91 Å². The van der Waals surface area contributed by atoms with Crippen molar-refractivity contribution < 1.29 is 14.3 Å². The molecule has 2 aromatic rings. The van der Waals surface area contributed by atoms with Crippen molar-refractivity contribution in [2.75, 3.05) is 20.8 Å². The Morgan fingerprint density at radius 3 is 2.16 bits per heavy atom. The summed E-state index contributed by atoms with van der Waals surface area (Å²) < 4.78 is 10.5. The number of methoxy groups -OCH3 is 2. The van der Waals surface area contributed by atoms with Gasteiger partial charge >= 0.3 is 0 Å². The van der Waals surface area contributed by atoms with Crippen LogP contribution in [0.4, 0.5) is 0 Å². The van der Waals surface area contributed by atoms with Crippen LogP contribution in [0.15, 0.2) is 48.5 Å². The van der Waals surface area contributed by atoms with Crippen molar-refractivity contribution in [2.45, 2.75) is 24.9 Å². The van der Waals surface area contributed by atoms with Crippen LogP contribution < -0.4 is 20.1 Å². The highest BCUT2D eigenvalue weighted by molar-refractivity contribution is 5.83. The van der Waals surface area contributed by atoms with Crippen LogP contribution in [0.3, 0.4) is 0 Å². The number of benzene rings is 2. The smallest absolute Gasteiger partial charge is 0.237 e. The predicted octanol–water partition coefficient (Wildman–Crippen LogP) is 2.47. The fraction of sp³-hybridized carbons (Fsp3) is 0.350. The van der Waals surface area contributed by atoms with Gasteiger partial charge < -0.3 is 14.8 Å². The van der Waals surface area contributed by atoms with E-state index in [0.29, 0.717) is 0 Å². The van der Waals surface area contributed by atoms with E-state index in [-0.39, 0.29) is 18.0 Å². The molecule has 5 heteroatoms. The minimum atomic E-state index is -0.148. The zero-order valence-corrected chi connectivity index (χ0v) is 14.6. The van der Waals surface area contributed by atoms with Gasteiger partial charge in [0.05, 0.1) is 20.3 Å². The van der Waals surface area contributed by atoms with Crippen molar-refractivity contribution in [2.24, 2.45) is 0 Å². The summed E-state index contributed by atoms with van der Waals surface area (Å²) >= 11 is 0. The van der Waals surface area contributed by atoms with Crippen molar-refractivity contribution in [3.63, 3.8) is 0 Å². The zero-order valence-electron chi connectivity index (χ0n) is 14.6. The molecule has 0 unspecified atom stereocenters. The topological polar surface area (TPSA) is 59.6 Å². The van der Waals surface area contributed by atoms with E-state index in [4.69, 9.17) is 9.47 Å². The number of carbonyl (C=O) groups excluding carboxylic acids is 1. The largest absolute Gasteiger partial charge is 0.497 e. The Bertz CT molecular complexity index is 698. The number of carbonyl (C=O) groups is 1. The standard InChI is InChI=1S/C20H24N2O3/c1-24-16-7-3-14(4-8-16)13-19(22-18-11-12-21-20(18)23)15-5-9-17(25-2)10-6-15/h3-10,18-19,22H,11-13H2,1-2H3,(H,21,23)/t18-,19-/m0/s1. The molecular formula is C20H24N2O3. The molecule has 0 spiro atoms. The molecular weight excluding hydrogens is 316 g/mol. The summed E-state index contributed by atoms with van der Waals surface area (Å²) in [5, 5.41) is 6.40. The predicted molar refractivity (Wildman–Crippen MR) is 97.0 cm³/mol. The van der Waals surface area contributed by atoms with Crippen molar-refractivity contribution in [3.05, 3.63) is 59.7 Å². The van der Waals surface area contributed by atoms with E-state index >= 15 is 0 Å². The number of hydrogen-bond acceptors (Lipinski definition) is 4. The number of nitrogens with one attached hydrogen (secondary N) is 2. The van der Waals surface area contributed by atoms with Gasteiger partial charge in [-0.15, -0.1) is 0 Å². The van der Waals surface area contributed by atoms with Gasteiger partial charge in [-0.2, -0.15) is 0 Å². The van der Waals surface area contributed by atoms with Gasteiger partial charge in [-0.1, -0.05) is 24.3 Å². The zero-order chi connectivity index (χ0) is 17.6. The normalized spacial score (nSPS) is 17.8. The lowest BCUT2D eigenvalue weighted by atomic mass is 9.97. The first-order valence-electron chi connectivity index (χ1n) is 8.50. The molecule has 1 amide bonds. The van der Waals surface area contributed by atoms with E-state index in [1.54, 1.807) is 14.2 Å². The Hall–Kier alpha value is -2.53. The number of hydrogen-bond donors (Lipinski definition) is 2. The highest BCUT2D eigenvalue weighted by atomic mass is 16.5. The molecule has 0 saturated carbocycles. The molecule has 1 aliphatic rings. The van der Waals surface area contributed by atoms with E-state index in [1.165, 1.54) is 5.56 Å². The summed E-state index contributed by atoms with van der Waals surface area (Å²) in [6.45, 7) is 0.731. The van der Waals surface area contributed by atoms with Gasteiger partial charge in [0.1, 0.15) is 11.5 Å². The molecule has 0 aromatic heterocycles. The summed E-state index contributed by atoms with van der Waals surface area (Å²) in [7, 11) is 3.32. The SMILES string of the molecule is COc1ccc(C[C@H](N[C@H]2CCNC2=O)c2ccc(OC)cc2)cc1. The summed E-state index contributed by atoms with van der Waals surface area (Å²) in [6.07, 6.45) is 1.61. The fourth-order valence-electron chi connectivity index (χ4n) is 3.10. The maximum absolute atomic E-state index is 12.0. The summed E-state index contributed by atoms with van der Waals surface area (Å²) in [4.78, 5) is 12.0. The quantitative estimate of drug-likeness (QED) is 0.813. The van der Waals surface area contributed by atoms with Crippen LogP contribution in [-0.2, 0) is 11.2 Å². The van der Waals surface area contributed by atoms with E-state index in [9.17, 15) is 4.79 Å². The Morgan fingerprint density at radius 1 is 1.04 bits per heavy atom. The van der Waals surface area contributed by atoms with Crippen LogP contribution in [0.1, 0.15) is 23.6 Å². The van der Waals surface area contributed by atoms with Crippen LogP contribution in [0.5, 0.6) is 11.5 Å². The molecule has 0 bridgehead atoms. The van der Waals surface area contributed by atoms with E-state index in [0.717, 1.165) is 36.4 Å². The first-order chi connectivity index (χ1) is 12.2. The van der Waals surface area contributed by atoms with Crippen LogP contribution in [0, 0.1) is 0 Å². The molecule has 2 aromatic carbocycles. The van der Waals surface area contributed by atoms with Crippen LogP contribution in [0.25, 0.3) is 0 Å². The van der Waals surface area contributed by atoms with Gasteiger partial charge in [-0.05, 0) is 48.2 Å². The average molecular weight is 340 g/mol. The molecule has 3 rings (SSSR count). The van der Waals surface area contributed by atoms with Gasteiger partial charge in [0.15, 0.2) is 0 Å². The van der Waals surface area contributed by atoms with Gasteiger partial charge in [-0.25, -0.2) is 0 Å². The van der Waals surface area contributed by atoms with E-state index in [1.807, 2.05) is 36.4 Å². The van der Waals surface area contributed by atoms with Gasteiger partial charge in [0.25, 0.3) is 0 Å². The average Bonchev–Trinajstić information content (AvgIpc) is 3.06. The number of amides is 1. The van der Waals surface area contributed by atoms with Crippen LogP contribution in [-0.4, -0.2) is 32.7 Å². The van der Waals surface area contributed by atoms with Gasteiger partial charge in [0.2, 0.25) is 5.91 Å². The Morgan fingerprint density at radius 2 is 1.64 bits per heavy atom. The highest BCUT2D eigenvalue weighted by Gasteiger charge is 2.27. The van der Waals surface area contributed by atoms with E-state index in [2.05, 4.69) is 22.8 Å². The molecule has 0 aliphatic carbocycles. The highest BCUT2D eigenvalue weighted by Crippen LogP contribution is 2.24. The molecule has 2 atom stereocenters. The molecule has 1 saturated heterocycles. The molecule has 25 heavy (non-hydrogen) atoms. The van der Waals surface area contributed by atoms with Crippen molar-refractivity contribution in [1.29, 1.82) is 0 Å². The molecule has 5 nitrogen and oxygen atoms in total. The third kappa shape index (κ3) is 4.31. The summed E-state index contributed by atoms with van der Waals surface area (Å²) in [5.41, 5.74) is 2.32. The fourth-order valence-corrected chi connectivity index (χ4v) is 3.10. The maximum atomic E-state index is 12.0. The number of ether oxygens (including phenoxy) is 2. The lowest BCUT2D eigenvalue weighted by Crippen LogP contribution is -2.39. The second kappa shape index (κ2) is 8.03. The minimum absolute atomic E-state index is 0.0492. The van der Waals surface area contributed by atoms with Crippen LogP contribution in [0.2, 0.25) is 0 Å². The first-order valence-corrected chi connectivity index (χ1v) is 8.50. The summed E-state index contributed by atoms with van der Waals surface area (Å²) in [6, 6.07) is 15.9. The summed E-state index contributed by atoms with van der Waals surface area (Å²) in [5.74, 6) is 1.74. The lowest BCUT2D eigenvalue weighted by Gasteiger charge is -2.23. The van der Waals surface area contributed by atoms with Crippen LogP contribution >= 0.6 is 0 Å². The number of rotatable bonds is 7. The monoisotopic (exact) mass is 340 g/mol. The molecule has 2 N–H and O–H groups in total. The first kappa shape index (κ1) is 17.3. The van der Waals surface area contributed by atoms with Gasteiger partial charge in [0, 0.05) is 12.6 Å². The second-order valence-corrected chi connectivity index (χ2v) is 6.18. The van der Waals surface area contributed by atoms with Crippen molar-refractivity contribution in [3.8, 4) is 11.5 Å². The second-order valence-electron chi connectivity index (χ2n) is 6.18. The Kier molecular flexibility index (Phi) is 5.56. The molecule has 1 aliphatic heterocycles. The maximum Gasteiger partial charge on any atom is 0.237 e. The van der Waals surface area contributed by atoms with Gasteiger partial charge in [-0.3, -0.25) is 10.1 Å². The minimum Gasteiger partial charge on any atom is -0.497 e. The Labute approximate surface area is 148 Å². The Balaban J connectivity index is 1.80. The molecule has 132 valence electrons. The molecule has 1 heterocycles. The molecule has 0 radical (unpaired) electrons. The van der Waals surface area contributed by atoms with Crippen molar-refractivity contribution in [1.82, 2.24) is 10.6 Å². The third-order valence-electron chi connectivity index (χ3n) is 4.57. The lowest BCUT2D eigenvalue weighted by molar-refractivity contribution is -0.121. The molecule has 1 fully saturated rings.